The molecule has 34 heavy (non-hydrogen) atoms. The van der Waals surface area contributed by atoms with Crippen LogP contribution in [-0.4, -0.2) is 43.0 Å². The summed E-state index contributed by atoms with van der Waals surface area (Å²) < 4.78 is 39.9. The van der Waals surface area contributed by atoms with Gasteiger partial charge >= 0.3 is 12.7 Å². The lowest BCUT2D eigenvalue weighted by molar-refractivity contribution is -0.133. The van der Waals surface area contributed by atoms with Crippen LogP contribution in [0, 0.1) is 5.92 Å². The summed E-state index contributed by atoms with van der Waals surface area (Å²) in [5.41, 5.74) is 2.72. The number of rotatable bonds is 9. The highest BCUT2D eigenvalue weighted by Gasteiger charge is 2.30. The Morgan fingerprint density at radius 3 is 2.53 bits per heavy atom. The molecular weight excluding hydrogens is 448 g/mol. The molecule has 0 saturated heterocycles. The van der Waals surface area contributed by atoms with Crippen LogP contribution < -0.4 is 14.8 Å². The maximum absolute atomic E-state index is 12.7. The number of amides is 2. The summed E-state index contributed by atoms with van der Waals surface area (Å²) in [5, 5.41) is 8.62. The molecular formula is C24H27F2N3O5. The molecule has 182 valence electrons. The van der Waals surface area contributed by atoms with E-state index < -0.39 is 12.7 Å². The summed E-state index contributed by atoms with van der Waals surface area (Å²) in [6.45, 7) is 1.22. The Morgan fingerprint density at radius 2 is 1.91 bits per heavy atom. The van der Waals surface area contributed by atoms with Crippen molar-refractivity contribution in [3.05, 3.63) is 53.6 Å². The molecule has 2 amide bonds. The highest BCUT2D eigenvalue weighted by Crippen LogP contribution is 2.33. The second-order valence-electron chi connectivity index (χ2n) is 7.53. The Bertz CT molecular complexity index is 1040. The molecule has 2 aromatic carbocycles. The molecule has 1 aliphatic heterocycles. The highest BCUT2D eigenvalue weighted by molar-refractivity contribution is 6.06. The summed E-state index contributed by atoms with van der Waals surface area (Å²) in [4.78, 5) is 24.3. The van der Waals surface area contributed by atoms with Crippen LogP contribution in [-0.2, 0) is 16.1 Å². The summed E-state index contributed by atoms with van der Waals surface area (Å²) in [6, 6.07) is 11.6. The number of hydrogen-bond acceptors (Lipinski definition) is 6. The lowest BCUT2D eigenvalue weighted by Gasteiger charge is -2.29. The standard InChI is InChI=1S/C24H27F2N3O5/c1-4-16-13-21(30)29(14-15-6-9-18(10-7-15)27-24(31)33-5-2)28-22(16)17-8-11-19(34-23(25)26)20(12-17)32-3/h6-12,16,23H,4-5,13-14H2,1-3H3,(H,27,31). The van der Waals surface area contributed by atoms with E-state index >= 15 is 0 Å². The summed E-state index contributed by atoms with van der Waals surface area (Å²) >= 11 is 0. The fourth-order valence-corrected chi connectivity index (χ4v) is 3.61. The van der Waals surface area contributed by atoms with Gasteiger partial charge in [-0.2, -0.15) is 13.9 Å². The molecule has 0 fully saturated rings. The number of halogens is 2. The number of ether oxygens (including phenoxy) is 3. The maximum Gasteiger partial charge on any atom is 0.411 e. The molecule has 0 radical (unpaired) electrons. The Hall–Kier alpha value is -3.69. The Morgan fingerprint density at radius 1 is 1.18 bits per heavy atom. The smallest absolute Gasteiger partial charge is 0.411 e. The molecule has 0 aliphatic carbocycles. The average molecular weight is 475 g/mol. The largest absolute Gasteiger partial charge is 0.493 e. The number of carbonyl (C=O) groups is 2. The van der Waals surface area contributed by atoms with Crippen LogP contribution in [0.15, 0.2) is 47.6 Å². The lowest BCUT2D eigenvalue weighted by Crippen LogP contribution is -2.36. The predicted octanol–water partition coefficient (Wildman–Crippen LogP) is 5.03. The number of anilines is 1. The highest BCUT2D eigenvalue weighted by atomic mass is 19.3. The van der Waals surface area contributed by atoms with Gasteiger partial charge in [-0.1, -0.05) is 19.1 Å². The van der Waals surface area contributed by atoms with Crippen LogP contribution in [0.2, 0.25) is 0 Å². The number of nitrogens with one attached hydrogen (secondary N) is 1. The van der Waals surface area contributed by atoms with Gasteiger partial charge in [-0.05, 0) is 49.2 Å². The number of hydrogen-bond donors (Lipinski definition) is 1. The quantitative estimate of drug-likeness (QED) is 0.550. The van der Waals surface area contributed by atoms with E-state index in [9.17, 15) is 18.4 Å². The molecule has 1 N–H and O–H groups in total. The molecule has 10 heteroatoms. The summed E-state index contributed by atoms with van der Waals surface area (Å²) in [5.74, 6) is -0.154. The third-order valence-electron chi connectivity index (χ3n) is 5.30. The fraction of sp³-hybridized carbons (Fsp3) is 0.375. The fourth-order valence-electron chi connectivity index (χ4n) is 3.61. The van der Waals surface area contributed by atoms with E-state index in [1.54, 1.807) is 43.3 Å². The van der Waals surface area contributed by atoms with Crippen molar-refractivity contribution in [2.24, 2.45) is 11.0 Å². The summed E-state index contributed by atoms with van der Waals surface area (Å²) in [7, 11) is 1.37. The SMILES string of the molecule is CCOC(=O)Nc1ccc(CN2N=C(c3ccc(OC(F)F)c(OC)c3)C(CC)CC2=O)cc1. The van der Waals surface area contributed by atoms with E-state index in [0.717, 1.165) is 5.56 Å². The molecule has 8 nitrogen and oxygen atoms in total. The number of nitrogens with zero attached hydrogens (tertiary/aromatic N) is 2. The van der Waals surface area contributed by atoms with Gasteiger partial charge in [0.1, 0.15) is 0 Å². The van der Waals surface area contributed by atoms with Gasteiger partial charge in [0.2, 0.25) is 5.91 Å². The number of carbonyl (C=O) groups excluding carboxylic acids is 2. The first kappa shape index (κ1) is 24.9. The van der Waals surface area contributed by atoms with Crippen molar-refractivity contribution < 1.29 is 32.6 Å². The predicted molar refractivity (Wildman–Crippen MR) is 122 cm³/mol. The average Bonchev–Trinajstić information content (AvgIpc) is 2.81. The minimum atomic E-state index is -2.97. The van der Waals surface area contributed by atoms with Gasteiger partial charge in [0.25, 0.3) is 0 Å². The zero-order valence-electron chi connectivity index (χ0n) is 19.2. The Balaban J connectivity index is 1.82. The molecule has 3 rings (SSSR count). The second-order valence-corrected chi connectivity index (χ2v) is 7.53. The first-order chi connectivity index (χ1) is 16.3. The molecule has 0 aromatic heterocycles. The number of benzene rings is 2. The van der Waals surface area contributed by atoms with Crippen molar-refractivity contribution in [1.82, 2.24) is 5.01 Å². The minimum absolute atomic E-state index is 0.0739. The van der Waals surface area contributed by atoms with E-state index in [-0.39, 0.29) is 42.9 Å². The first-order valence-corrected chi connectivity index (χ1v) is 10.9. The van der Waals surface area contributed by atoms with Gasteiger partial charge in [-0.15, -0.1) is 0 Å². The molecule has 2 aromatic rings. The van der Waals surface area contributed by atoms with Gasteiger partial charge in [0.15, 0.2) is 11.5 Å². The minimum Gasteiger partial charge on any atom is -0.493 e. The van der Waals surface area contributed by atoms with E-state index in [1.165, 1.54) is 18.2 Å². The van der Waals surface area contributed by atoms with E-state index in [0.29, 0.717) is 23.4 Å². The number of alkyl halides is 2. The molecule has 0 spiro atoms. The van der Waals surface area contributed by atoms with Crippen molar-refractivity contribution in [3.8, 4) is 11.5 Å². The summed E-state index contributed by atoms with van der Waals surface area (Å²) in [6.07, 6.45) is 0.418. The monoisotopic (exact) mass is 475 g/mol. The van der Waals surface area contributed by atoms with Crippen LogP contribution in [0.5, 0.6) is 11.5 Å². The van der Waals surface area contributed by atoms with Crippen LogP contribution in [0.25, 0.3) is 0 Å². The van der Waals surface area contributed by atoms with E-state index in [1.807, 2.05) is 6.92 Å². The maximum atomic E-state index is 12.7. The Kier molecular flexibility index (Phi) is 8.39. The molecule has 1 aliphatic rings. The van der Waals surface area contributed by atoms with E-state index in [4.69, 9.17) is 9.47 Å². The van der Waals surface area contributed by atoms with Gasteiger partial charge in [0, 0.05) is 23.6 Å². The third kappa shape index (κ3) is 6.21. The van der Waals surface area contributed by atoms with Gasteiger partial charge in [-0.25, -0.2) is 9.80 Å². The van der Waals surface area contributed by atoms with Gasteiger partial charge in [0.05, 0.1) is 26.0 Å². The first-order valence-electron chi connectivity index (χ1n) is 10.9. The zero-order valence-corrected chi connectivity index (χ0v) is 19.2. The number of methoxy groups -OCH3 is 1. The lowest BCUT2D eigenvalue weighted by atomic mass is 9.89. The van der Waals surface area contributed by atoms with Crippen molar-refractivity contribution >= 4 is 23.4 Å². The van der Waals surface area contributed by atoms with Crippen molar-refractivity contribution in [1.29, 1.82) is 0 Å². The van der Waals surface area contributed by atoms with Gasteiger partial charge in [-0.3, -0.25) is 10.1 Å². The van der Waals surface area contributed by atoms with Crippen LogP contribution in [0.1, 0.15) is 37.8 Å². The molecule has 1 heterocycles. The molecule has 1 atom stereocenters. The zero-order chi connectivity index (χ0) is 24.7. The van der Waals surface area contributed by atoms with Crippen molar-refractivity contribution in [3.63, 3.8) is 0 Å². The van der Waals surface area contributed by atoms with Crippen LogP contribution in [0.4, 0.5) is 19.3 Å². The van der Waals surface area contributed by atoms with Gasteiger partial charge < -0.3 is 14.2 Å². The molecule has 0 bridgehead atoms. The normalized spacial score (nSPS) is 15.7. The third-order valence-corrected chi connectivity index (χ3v) is 5.30. The van der Waals surface area contributed by atoms with Crippen molar-refractivity contribution in [2.45, 2.75) is 39.8 Å². The topological polar surface area (TPSA) is 89.5 Å². The van der Waals surface area contributed by atoms with Crippen LogP contribution in [0.3, 0.4) is 0 Å². The van der Waals surface area contributed by atoms with Crippen molar-refractivity contribution in [2.75, 3.05) is 19.0 Å². The van der Waals surface area contributed by atoms with Crippen LogP contribution >= 0.6 is 0 Å². The van der Waals surface area contributed by atoms with E-state index in [2.05, 4.69) is 15.2 Å². The number of hydrazone groups is 1. The molecule has 0 saturated carbocycles. The Labute approximate surface area is 196 Å². The second kappa shape index (κ2) is 11.4. The molecule has 1 unspecified atom stereocenters.